The molecule has 0 saturated carbocycles. The largest absolute Gasteiger partial charge is 0.356 e. The molecule has 1 saturated heterocycles. The first-order valence-corrected chi connectivity index (χ1v) is 7.26. The number of amides is 1. The van der Waals surface area contributed by atoms with Crippen LogP contribution in [0.5, 0.6) is 0 Å². The minimum atomic E-state index is 0.177. The Bertz CT molecular complexity index is 403. The summed E-state index contributed by atoms with van der Waals surface area (Å²) in [7, 11) is 0. The van der Waals surface area contributed by atoms with Crippen LogP contribution in [0, 0.1) is 5.92 Å². The topological polar surface area (TPSA) is 41.1 Å². The number of nitrogens with one attached hydrogen (secondary N) is 2. The van der Waals surface area contributed by atoms with E-state index in [1.165, 1.54) is 5.56 Å². The molecule has 18 heavy (non-hydrogen) atoms. The van der Waals surface area contributed by atoms with Gasteiger partial charge in [0.05, 0.1) is 0 Å². The fourth-order valence-electron chi connectivity index (χ4n) is 2.26. The van der Waals surface area contributed by atoms with Gasteiger partial charge in [-0.25, -0.2) is 0 Å². The van der Waals surface area contributed by atoms with Gasteiger partial charge in [-0.3, -0.25) is 4.79 Å². The van der Waals surface area contributed by atoms with Crippen molar-refractivity contribution < 1.29 is 4.79 Å². The van der Waals surface area contributed by atoms with E-state index >= 15 is 0 Å². The predicted octanol–water partition coefficient (Wildman–Crippen LogP) is 2.11. The molecule has 98 valence electrons. The van der Waals surface area contributed by atoms with E-state index in [-0.39, 0.29) is 5.91 Å². The molecule has 1 aliphatic rings. The van der Waals surface area contributed by atoms with Crippen molar-refractivity contribution in [1.82, 2.24) is 10.6 Å². The lowest BCUT2D eigenvalue weighted by Crippen LogP contribution is -2.28. The minimum Gasteiger partial charge on any atom is -0.356 e. The van der Waals surface area contributed by atoms with Gasteiger partial charge in [0.15, 0.2) is 0 Å². The Balaban J connectivity index is 1.68. The Hall–Kier alpha value is -0.870. The van der Waals surface area contributed by atoms with Crippen LogP contribution in [0.2, 0.25) is 0 Å². The molecule has 2 N–H and O–H groups in total. The number of halogens is 1. The van der Waals surface area contributed by atoms with E-state index < -0.39 is 0 Å². The molecule has 0 aromatic heterocycles. The molecule has 0 radical (unpaired) electrons. The van der Waals surface area contributed by atoms with Gasteiger partial charge < -0.3 is 10.6 Å². The highest BCUT2D eigenvalue weighted by molar-refractivity contribution is 9.10. The molecule has 0 spiro atoms. The molecular weight excluding hydrogens is 292 g/mol. The standard InChI is InChI=1S/C14H19BrN2O/c15-13-4-2-1-3-12(13)6-8-17-14(18)9-11-5-7-16-10-11/h1-4,11,16H,5-10H2,(H,17,18). The van der Waals surface area contributed by atoms with Gasteiger partial charge >= 0.3 is 0 Å². The maximum Gasteiger partial charge on any atom is 0.220 e. The number of carbonyl (C=O) groups excluding carboxylic acids is 1. The molecular formula is C14H19BrN2O. The fraction of sp³-hybridized carbons (Fsp3) is 0.500. The van der Waals surface area contributed by atoms with E-state index in [4.69, 9.17) is 0 Å². The summed E-state index contributed by atoms with van der Waals surface area (Å²) in [5.74, 6) is 0.698. The van der Waals surface area contributed by atoms with Crippen LogP contribution in [0.3, 0.4) is 0 Å². The lowest BCUT2D eigenvalue weighted by molar-refractivity contribution is -0.121. The predicted molar refractivity (Wildman–Crippen MR) is 76.4 cm³/mol. The highest BCUT2D eigenvalue weighted by Gasteiger charge is 2.17. The fourth-order valence-corrected chi connectivity index (χ4v) is 2.74. The van der Waals surface area contributed by atoms with Gasteiger partial charge in [0.1, 0.15) is 0 Å². The first-order chi connectivity index (χ1) is 8.75. The van der Waals surface area contributed by atoms with Gasteiger partial charge in [0, 0.05) is 17.4 Å². The maximum atomic E-state index is 11.7. The van der Waals surface area contributed by atoms with Crippen LogP contribution in [0.1, 0.15) is 18.4 Å². The first-order valence-electron chi connectivity index (χ1n) is 6.46. The lowest BCUT2D eigenvalue weighted by atomic mass is 10.0. The van der Waals surface area contributed by atoms with E-state index in [9.17, 15) is 4.79 Å². The third-order valence-corrected chi connectivity index (χ3v) is 4.08. The maximum absolute atomic E-state index is 11.7. The molecule has 1 amide bonds. The van der Waals surface area contributed by atoms with Crippen molar-refractivity contribution >= 4 is 21.8 Å². The van der Waals surface area contributed by atoms with Crippen molar-refractivity contribution in [2.45, 2.75) is 19.3 Å². The van der Waals surface area contributed by atoms with Crippen molar-refractivity contribution in [3.8, 4) is 0 Å². The second kappa shape index (κ2) is 6.90. The third kappa shape index (κ3) is 4.10. The zero-order chi connectivity index (χ0) is 12.8. The number of rotatable bonds is 5. The highest BCUT2D eigenvalue weighted by atomic mass is 79.9. The number of benzene rings is 1. The van der Waals surface area contributed by atoms with Crippen molar-refractivity contribution in [2.24, 2.45) is 5.92 Å². The lowest BCUT2D eigenvalue weighted by Gasteiger charge is -2.09. The van der Waals surface area contributed by atoms with Crippen molar-refractivity contribution in [3.63, 3.8) is 0 Å². The summed E-state index contributed by atoms with van der Waals surface area (Å²) in [6.45, 7) is 2.74. The van der Waals surface area contributed by atoms with Crippen molar-refractivity contribution in [3.05, 3.63) is 34.3 Å². The second-order valence-electron chi connectivity index (χ2n) is 4.75. The average molecular weight is 311 g/mol. The molecule has 1 aliphatic heterocycles. The minimum absolute atomic E-state index is 0.177. The molecule has 4 heteroatoms. The number of hydrogen-bond acceptors (Lipinski definition) is 2. The molecule has 1 fully saturated rings. The monoisotopic (exact) mass is 310 g/mol. The molecule has 1 aromatic carbocycles. The molecule has 1 aromatic rings. The Kier molecular flexibility index (Phi) is 5.20. The average Bonchev–Trinajstić information content (AvgIpc) is 2.84. The Morgan fingerprint density at radius 1 is 1.44 bits per heavy atom. The molecule has 1 atom stereocenters. The van der Waals surface area contributed by atoms with Crippen LogP contribution in [0.15, 0.2) is 28.7 Å². The van der Waals surface area contributed by atoms with Crippen LogP contribution >= 0.6 is 15.9 Å². The normalized spacial score (nSPS) is 18.8. The van der Waals surface area contributed by atoms with Gasteiger partial charge in [-0.05, 0) is 43.5 Å². The van der Waals surface area contributed by atoms with Crippen molar-refractivity contribution in [2.75, 3.05) is 19.6 Å². The quantitative estimate of drug-likeness (QED) is 0.874. The van der Waals surface area contributed by atoms with Gasteiger partial charge in [-0.1, -0.05) is 34.1 Å². The van der Waals surface area contributed by atoms with E-state index in [0.717, 1.165) is 30.4 Å². The number of carbonyl (C=O) groups is 1. The van der Waals surface area contributed by atoms with E-state index in [0.29, 0.717) is 18.9 Å². The van der Waals surface area contributed by atoms with E-state index in [1.807, 2.05) is 18.2 Å². The van der Waals surface area contributed by atoms with Crippen LogP contribution in [-0.2, 0) is 11.2 Å². The molecule has 1 unspecified atom stereocenters. The smallest absolute Gasteiger partial charge is 0.220 e. The zero-order valence-corrected chi connectivity index (χ0v) is 12.0. The van der Waals surface area contributed by atoms with E-state index in [2.05, 4.69) is 32.6 Å². The second-order valence-corrected chi connectivity index (χ2v) is 5.61. The molecule has 1 heterocycles. The summed E-state index contributed by atoms with van der Waals surface area (Å²) in [5.41, 5.74) is 1.24. The SMILES string of the molecule is O=C(CC1CCNC1)NCCc1ccccc1Br. The highest BCUT2D eigenvalue weighted by Crippen LogP contribution is 2.16. The van der Waals surface area contributed by atoms with Crippen LogP contribution in [0.4, 0.5) is 0 Å². The van der Waals surface area contributed by atoms with Gasteiger partial charge in [-0.15, -0.1) is 0 Å². The Morgan fingerprint density at radius 3 is 3.00 bits per heavy atom. The van der Waals surface area contributed by atoms with E-state index in [1.54, 1.807) is 0 Å². The summed E-state index contributed by atoms with van der Waals surface area (Å²) in [5, 5.41) is 6.28. The Labute approximate surface area is 116 Å². The van der Waals surface area contributed by atoms with Crippen LogP contribution in [-0.4, -0.2) is 25.5 Å². The van der Waals surface area contributed by atoms with Crippen molar-refractivity contribution in [1.29, 1.82) is 0 Å². The Morgan fingerprint density at radius 2 is 2.28 bits per heavy atom. The molecule has 0 aliphatic carbocycles. The summed E-state index contributed by atoms with van der Waals surface area (Å²) in [6.07, 6.45) is 2.65. The summed E-state index contributed by atoms with van der Waals surface area (Å²) in [6, 6.07) is 8.13. The first kappa shape index (κ1) is 13.6. The third-order valence-electron chi connectivity index (χ3n) is 3.31. The summed E-state index contributed by atoms with van der Waals surface area (Å²) in [4.78, 5) is 11.7. The van der Waals surface area contributed by atoms with Gasteiger partial charge in [0.25, 0.3) is 0 Å². The number of hydrogen-bond donors (Lipinski definition) is 2. The molecule has 3 nitrogen and oxygen atoms in total. The van der Waals surface area contributed by atoms with Gasteiger partial charge in [-0.2, -0.15) is 0 Å². The van der Waals surface area contributed by atoms with Crippen LogP contribution < -0.4 is 10.6 Å². The zero-order valence-electron chi connectivity index (χ0n) is 10.4. The summed E-state index contributed by atoms with van der Waals surface area (Å²) >= 11 is 3.51. The molecule has 0 bridgehead atoms. The molecule has 2 rings (SSSR count). The van der Waals surface area contributed by atoms with Gasteiger partial charge in [0.2, 0.25) is 5.91 Å². The van der Waals surface area contributed by atoms with Crippen LogP contribution in [0.25, 0.3) is 0 Å². The summed E-state index contributed by atoms with van der Waals surface area (Å²) < 4.78 is 1.11.